The number of pyridine rings is 1. The lowest BCUT2D eigenvalue weighted by Crippen LogP contribution is -2.26. The van der Waals surface area contributed by atoms with Crippen molar-refractivity contribution in [2.24, 2.45) is 0 Å². The van der Waals surface area contributed by atoms with Crippen molar-refractivity contribution in [1.29, 1.82) is 0 Å². The first-order chi connectivity index (χ1) is 13.0. The molecule has 2 heterocycles. The van der Waals surface area contributed by atoms with Crippen LogP contribution in [0.5, 0.6) is 0 Å². The average Bonchev–Trinajstić information content (AvgIpc) is 2.97. The van der Waals surface area contributed by atoms with Crippen molar-refractivity contribution >= 4 is 5.91 Å². The molecule has 0 spiro atoms. The number of nitrogens with zero attached hydrogens (tertiary/aromatic N) is 3. The quantitative estimate of drug-likeness (QED) is 0.653. The Kier molecular flexibility index (Phi) is 5.75. The van der Waals surface area contributed by atoms with Crippen LogP contribution in [-0.2, 0) is 19.5 Å². The van der Waals surface area contributed by atoms with Gasteiger partial charge in [0.15, 0.2) is 0 Å². The number of hydrogen-bond acceptors (Lipinski definition) is 2. The van der Waals surface area contributed by atoms with E-state index in [4.69, 9.17) is 0 Å². The summed E-state index contributed by atoms with van der Waals surface area (Å²) in [4.78, 5) is 19.2. The molecule has 0 radical (unpaired) electrons. The van der Waals surface area contributed by atoms with E-state index in [9.17, 15) is 4.79 Å². The fourth-order valence-electron chi connectivity index (χ4n) is 3.35. The average molecular weight is 361 g/mol. The lowest BCUT2D eigenvalue weighted by Gasteiger charge is -2.18. The van der Waals surface area contributed by atoms with E-state index in [0.717, 1.165) is 34.6 Å². The maximum Gasteiger partial charge on any atom is 0.255 e. The minimum Gasteiger partial charge on any atom is -0.342 e. The van der Waals surface area contributed by atoms with Gasteiger partial charge in [0.1, 0.15) is 0 Å². The van der Waals surface area contributed by atoms with Crippen LogP contribution in [0.2, 0.25) is 0 Å². The van der Waals surface area contributed by atoms with E-state index in [1.54, 1.807) is 11.1 Å². The van der Waals surface area contributed by atoms with Crippen molar-refractivity contribution in [2.75, 3.05) is 7.05 Å². The van der Waals surface area contributed by atoms with Crippen LogP contribution in [0, 0.1) is 13.8 Å². The third-order valence-corrected chi connectivity index (χ3v) is 5.05. The Morgan fingerprint density at radius 3 is 2.41 bits per heavy atom. The second-order valence-corrected chi connectivity index (χ2v) is 7.02. The number of carbonyl (C=O) groups excluding carboxylic acids is 1. The van der Waals surface area contributed by atoms with E-state index in [1.807, 2.05) is 45.2 Å². The van der Waals surface area contributed by atoms with Gasteiger partial charge in [-0.05, 0) is 49.6 Å². The molecule has 0 N–H and O–H groups in total. The minimum atomic E-state index is 0.0509. The van der Waals surface area contributed by atoms with Gasteiger partial charge in [-0.15, -0.1) is 0 Å². The molecule has 0 aliphatic heterocycles. The summed E-state index contributed by atoms with van der Waals surface area (Å²) in [5, 5.41) is 0. The number of carbonyl (C=O) groups is 1. The Balaban J connectivity index is 1.76. The van der Waals surface area contributed by atoms with Crippen LogP contribution in [0.25, 0.3) is 0 Å². The van der Waals surface area contributed by atoms with Crippen LogP contribution in [-0.4, -0.2) is 27.4 Å². The van der Waals surface area contributed by atoms with Crippen LogP contribution in [0.15, 0.2) is 54.7 Å². The van der Waals surface area contributed by atoms with E-state index in [2.05, 4.69) is 40.7 Å². The molecular weight excluding hydrogens is 334 g/mol. The van der Waals surface area contributed by atoms with Crippen molar-refractivity contribution in [2.45, 2.75) is 40.3 Å². The molecule has 0 aliphatic carbocycles. The number of benzene rings is 1. The van der Waals surface area contributed by atoms with Crippen molar-refractivity contribution in [3.05, 3.63) is 88.5 Å². The lowest BCUT2D eigenvalue weighted by molar-refractivity contribution is 0.0784. The number of hydrogen-bond donors (Lipinski definition) is 0. The van der Waals surface area contributed by atoms with Gasteiger partial charge in [0, 0.05) is 31.2 Å². The van der Waals surface area contributed by atoms with Crippen LogP contribution >= 0.6 is 0 Å². The van der Waals surface area contributed by atoms with E-state index in [0.29, 0.717) is 13.1 Å². The summed E-state index contributed by atoms with van der Waals surface area (Å²) >= 11 is 0. The summed E-state index contributed by atoms with van der Waals surface area (Å²) < 4.78 is 2.15. The molecule has 140 valence electrons. The monoisotopic (exact) mass is 361 g/mol. The maximum absolute atomic E-state index is 13.0. The topological polar surface area (TPSA) is 38.1 Å². The lowest BCUT2D eigenvalue weighted by atomic mass is 10.1. The van der Waals surface area contributed by atoms with Crippen molar-refractivity contribution in [1.82, 2.24) is 14.5 Å². The zero-order valence-corrected chi connectivity index (χ0v) is 16.6. The molecule has 27 heavy (non-hydrogen) atoms. The highest BCUT2D eigenvalue weighted by Gasteiger charge is 2.19. The molecule has 3 rings (SSSR count). The molecule has 0 fully saturated rings. The maximum atomic E-state index is 13.0. The molecule has 1 amide bonds. The van der Waals surface area contributed by atoms with E-state index >= 15 is 0 Å². The Labute approximate surface area is 161 Å². The summed E-state index contributed by atoms with van der Waals surface area (Å²) in [5.74, 6) is 0.0509. The predicted octanol–water partition coefficient (Wildman–Crippen LogP) is 4.38. The highest BCUT2D eigenvalue weighted by Crippen LogP contribution is 2.19. The first-order valence-electron chi connectivity index (χ1n) is 9.39. The summed E-state index contributed by atoms with van der Waals surface area (Å²) in [6.45, 7) is 7.47. The van der Waals surface area contributed by atoms with Gasteiger partial charge in [-0.25, -0.2) is 0 Å². The summed E-state index contributed by atoms with van der Waals surface area (Å²) in [6.07, 6.45) is 2.82. The van der Waals surface area contributed by atoms with Crippen molar-refractivity contribution < 1.29 is 4.79 Å². The van der Waals surface area contributed by atoms with Gasteiger partial charge >= 0.3 is 0 Å². The Bertz CT molecular complexity index is 911. The van der Waals surface area contributed by atoms with Gasteiger partial charge in [0.2, 0.25) is 0 Å². The van der Waals surface area contributed by atoms with E-state index < -0.39 is 0 Å². The molecular formula is C23H27N3O. The number of rotatable bonds is 6. The molecule has 0 bridgehead atoms. The second kappa shape index (κ2) is 8.21. The van der Waals surface area contributed by atoms with Crippen molar-refractivity contribution in [3.8, 4) is 0 Å². The smallest absolute Gasteiger partial charge is 0.255 e. The number of aromatic nitrogens is 2. The molecule has 4 heteroatoms. The fraction of sp³-hybridized carbons (Fsp3) is 0.304. The Morgan fingerprint density at radius 2 is 1.78 bits per heavy atom. The Morgan fingerprint density at radius 1 is 1.07 bits per heavy atom. The molecule has 0 saturated heterocycles. The molecule has 0 atom stereocenters. The van der Waals surface area contributed by atoms with Gasteiger partial charge < -0.3 is 9.47 Å². The summed E-state index contributed by atoms with van der Waals surface area (Å²) in [7, 11) is 1.86. The highest BCUT2D eigenvalue weighted by atomic mass is 16.2. The first kappa shape index (κ1) is 18.9. The van der Waals surface area contributed by atoms with Gasteiger partial charge in [-0.2, -0.15) is 0 Å². The zero-order valence-electron chi connectivity index (χ0n) is 16.6. The molecule has 0 aliphatic rings. The van der Waals surface area contributed by atoms with Gasteiger partial charge in [0.25, 0.3) is 5.91 Å². The molecule has 1 aromatic carbocycles. The standard InChI is InChI=1S/C23H27N3O/c1-5-19-9-11-20(12-10-19)15-25(4)23(27)22-14-17(2)26(18(22)3)16-21-8-6-7-13-24-21/h6-14H,5,15-16H2,1-4H3. The van der Waals surface area contributed by atoms with Gasteiger partial charge in [0.05, 0.1) is 17.8 Å². The summed E-state index contributed by atoms with van der Waals surface area (Å²) in [6, 6.07) is 16.4. The predicted molar refractivity (Wildman–Crippen MR) is 109 cm³/mol. The summed E-state index contributed by atoms with van der Waals surface area (Å²) in [5.41, 5.74) is 6.26. The minimum absolute atomic E-state index is 0.0509. The molecule has 4 nitrogen and oxygen atoms in total. The SMILES string of the molecule is CCc1ccc(CN(C)C(=O)c2cc(C)n(Cc3ccccn3)c2C)cc1. The molecule has 0 saturated carbocycles. The van der Waals surface area contributed by atoms with Crippen LogP contribution in [0.1, 0.15) is 45.5 Å². The third-order valence-electron chi connectivity index (χ3n) is 5.05. The zero-order chi connectivity index (χ0) is 19.4. The normalized spacial score (nSPS) is 10.8. The van der Waals surface area contributed by atoms with Crippen LogP contribution in [0.3, 0.4) is 0 Å². The first-order valence-corrected chi connectivity index (χ1v) is 9.39. The highest BCUT2D eigenvalue weighted by molar-refractivity contribution is 5.95. The van der Waals surface area contributed by atoms with Crippen LogP contribution < -0.4 is 0 Å². The van der Waals surface area contributed by atoms with Crippen molar-refractivity contribution in [3.63, 3.8) is 0 Å². The van der Waals surface area contributed by atoms with E-state index in [-0.39, 0.29) is 5.91 Å². The molecule has 3 aromatic rings. The van der Waals surface area contributed by atoms with Crippen LogP contribution in [0.4, 0.5) is 0 Å². The molecule has 2 aromatic heterocycles. The number of aryl methyl sites for hydroxylation is 2. The second-order valence-electron chi connectivity index (χ2n) is 7.02. The fourth-order valence-corrected chi connectivity index (χ4v) is 3.35. The molecule has 0 unspecified atom stereocenters. The van der Waals surface area contributed by atoms with Gasteiger partial charge in [-0.1, -0.05) is 37.3 Å². The van der Waals surface area contributed by atoms with Gasteiger partial charge in [-0.3, -0.25) is 9.78 Å². The number of amides is 1. The largest absolute Gasteiger partial charge is 0.342 e. The van der Waals surface area contributed by atoms with E-state index in [1.165, 1.54) is 5.56 Å². The third kappa shape index (κ3) is 4.27. The Hall–Kier alpha value is -2.88.